The average Bonchev–Trinajstić information content (AvgIpc) is 2.99. The summed E-state index contributed by atoms with van der Waals surface area (Å²) >= 11 is 0. The molecule has 6 nitrogen and oxygen atoms in total. The van der Waals surface area contributed by atoms with E-state index >= 15 is 0 Å². The number of carbonyl (C=O) groups excluding carboxylic acids is 1. The van der Waals surface area contributed by atoms with E-state index in [2.05, 4.69) is 50.1 Å². The van der Waals surface area contributed by atoms with Crippen LogP contribution in [0.3, 0.4) is 0 Å². The van der Waals surface area contributed by atoms with Crippen molar-refractivity contribution in [2.24, 2.45) is 0 Å². The molecule has 0 fully saturated rings. The number of hydrogen-bond acceptors (Lipinski definition) is 4. The van der Waals surface area contributed by atoms with Gasteiger partial charge >= 0.3 is 0 Å². The van der Waals surface area contributed by atoms with Gasteiger partial charge < -0.3 is 10.6 Å². The van der Waals surface area contributed by atoms with Crippen molar-refractivity contribution in [3.05, 3.63) is 65.7 Å². The molecule has 3 N–H and O–H groups in total. The van der Waals surface area contributed by atoms with Gasteiger partial charge in [0.25, 0.3) is 0 Å². The number of benzene rings is 1. The zero-order valence-corrected chi connectivity index (χ0v) is 15.2. The number of hydrogen-bond donors (Lipinski definition) is 3. The van der Waals surface area contributed by atoms with E-state index in [1.54, 1.807) is 6.20 Å². The smallest absolute Gasteiger partial charge is 0.238 e. The molecule has 0 saturated carbocycles. The number of aryl methyl sites for hydroxylation is 2. The van der Waals surface area contributed by atoms with Gasteiger partial charge in [-0.15, -0.1) is 0 Å². The minimum atomic E-state index is -0.0866. The number of H-pyrrole nitrogens is 1. The third kappa shape index (κ3) is 4.15. The number of amides is 1. The van der Waals surface area contributed by atoms with Gasteiger partial charge in [-0.1, -0.05) is 30.3 Å². The fourth-order valence-electron chi connectivity index (χ4n) is 2.78. The summed E-state index contributed by atoms with van der Waals surface area (Å²) in [6, 6.07) is 12.3. The van der Waals surface area contributed by atoms with Crippen LogP contribution in [0.4, 0.5) is 5.69 Å². The van der Waals surface area contributed by atoms with E-state index in [1.807, 2.05) is 39.1 Å². The number of pyridine rings is 1. The monoisotopic (exact) mass is 349 g/mol. The van der Waals surface area contributed by atoms with Crippen LogP contribution in [-0.4, -0.2) is 27.6 Å². The molecule has 6 heteroatoms. The van der Waals surface area contributed by atoms with Gasteiger partial charge in [-0.2, -0.15) is 5.10 Å². The molecule has 3 rings (SSSR count). The van der Waals surface area contributed by atoms with Crippen molar-refractivity contribution in [3.8, 4) is 11.1 Å². The van der Waals surface area contributed by atoms with Crippen molar-refractivity contribution < 1.29 is 4.79 Å². The second-order valence-electron chi connectivity index (χ2n) is 6.32. The van der Waals surface area contributed by atoms with Crippen molar-refractivity contribution in [2.75, 3.05) is 11.9 Å². The molecule has 3 aromatic rings. The molecule has 0 spiro atoms. The van der Waals surface area contributed by atoms with E-state index in [-0.39, 0.29) is 18.5 Å². The Morgan fingerprint density at radius 3 is 2.54 bits per heavy atom. The van der Waals surface area contributed by atoms with Gasteiger partial charge in [-0.3, -0.25) is 14.9 Å². The van der Waals surface area contributed by atoms with Crippen LogP contribution < -0.4 is 10.6 Å². The fraction of sp³-hybridized carbons (Fsp3) is 0.250. The van der Waals surface area contributed by atoms with Gasteiger partial charge in [0.1, 0.15) is 0 Å². The molecule has 2 aromatic heterocycles. The predicted molar refractivity (Wildman–Crippen MR) is 103 cm³/mol. The summed E-state index contributed by atoms with van der Waals surface area (Å²) < 4.78 is 0. The highest BCUT2D eigenvalue weighted by Crippen LogP contribution is 2.21. The van der Waals surface area contributed by atoms with Crippen LogP contribution in [0.1, 0.15) is 29.9 Å². The highest BCUT2D eigenvalue weighted by molar-refractivity contribution is 5.93. The van der Waals surface area contributed by atoms with Crippen molar-refractivity contribution in [2.45, 2.75) is 26.8 Å². The number of nitrogens with one attached hydrogen (secondary N) is 3. The Morgan fingerprint density at radius 2 is 1.92 bits per heavy atom. The summed E-state index contributed by atoms with van der Waals surface area (Å²) in [5.74, 6) is -0.0866. The molecule has 1 atom stereocenters. The maximum atomic E-state index is 12.2. The molecule has 2 heterocycles. The van der Waals surface area contributed by atoms with Gasteiger partial charge in [-0.25, -0.2) is 0 Å². The Labute approximate surface area is 153 Å². The third-order valence-electron chi connectivity index (χ3n) is 4.37. The van der Waals surface area contributed by atoms with Crippen LogP contribution in [0.2, 0.25) is 0 Å². The number of nitrogens with zero attached hydrogens (tertiary/aromatic N) is 2. The van der Waals surface area contributed by atoms with Crippen LogP contribution in [0.5, 0.6) is 0 Å². The Bertz CT molecular complexity index is 851. The molecule has 0 aliphatic carbocycles. The predicted octanol–water partition coefficient (Wildman–Crippen LogP) is 3.38. The van der Waals surface area contributed by atoms with E-state index in [0.29, 0.717) is 0 Å². The number of rotatable bonds is 6. The van der Waals surface area contributed by atoms with Crippen LogP contribution >= 0.6 is 0 Å². The van der Waals surface area contributed by atoms with Crippen molar-refractivity contribution in [1.29, 1.82) is 0 Å². The lowest BCUT2D eigenvalue weighted by molar-refractivity contribution is -0.115. The molecule has 1 amide bonds. The second kappa shape index (κ2) is 7.93. The molecule has 0 aliphatic heterocycles. The Kier molecular flexibility index (Phi) is 5.43. The molecule has 0 unspecified atom stereocenters. The molecule has 0 radical (unpaired) electrons. The fourth-order valence-corrected chi connectivity index (χ4v) is 2.78. The highest BCUT2D eigenvalue weighted by atomic mass is 16.1. The van der Waals surface area contributed by atoms with E-state index in [4.69, 9.17) is 0 Å². The van der Waals surface area contributed by atoms with Crippen LogP contribution in [0.15, 0.2) is 48.8 Å². The minimum absolute atomic E-state index is 0.0650. The normalized spacial score (nSPS) is 12.0. The third-order valence-corrected chi connectivity index (χ3v) is 4.37. The summed E-state index contributed by atoms with van der Waals surface area (Å²) in [5, 5.41) is 13.1. The Morgan fingerprint density at radius 1 is 1.15 bits per heavy atom. The number of carbonyl (C=O) groups is 1. The number of aromatic nitrogens is 3. The first kappa shape index (κ1) is 17.8. The molecule has 0 aliphatic rings. The van der Waals surface area contributed by atoms with Crippen molar-refractivity contribution in [3.63, 3.8) is 0 Å². The lowest BCUT2D eigenvalue weighted by atomic mass is 10.0. The second-order valence-corrected chi connectivity index (χ2v) is 6.32. The summed E-state index contributed by atoms with van der Waals surface area (Å²) in [5.41, 5.74) is 5.73. The zero-order chi connectivity index (χ0) is 18.5. The Hall–Kier alpha value is -2.99. The molecular weight excluding hydrogens is 326 g/mol. The van der Waals surface area contributed by atoms with Crippen LogP contribution in [0.25, 0.3) is 11.1 Å². The molecule has 26 heavy (non-hydrogen) atoms. The zero-order valence-electron chi connectivity index (χ0n) is 15.2. The van der Waals surface area contributed by atoms with Crippen LogP contribution in [0, 0.1) is 13.8 Å². The standard InChI is InChI=1S/C20H23N5O/c1-13(22-12-19(26)23-20-14(2)24-25-15(20)3)16-6-8-17(9-7-16)18-5-4-10-21-11-18/h4-11,13,22H,12H2,1-3H3,(H,23,26)(H,24,25)/t13-/m1/s1. The molecule has 134 valence electrons. The first-order valence-corrected chi connectivity index (χ1v) is 8.59. The van der Waals surface area contributed by atoms with Gasteiger partial charge in [0.15, 0.2) is 0 Å². The number of anilines is 1. The first-order valence-electron chi connectivity index (χ1n) is 8.59. The molecular formula is C20H23N5O. The van der Waals surface area contributed by atoms with E-state index < -0.39 is 0 Å². The summed E-state index contributed by atoms with van der Waals surface area (Å²) in [6.07, 6.45) is 3.61. The summed E-state index contributed by atoms with van der Waals surface area (Å²) in [4.78, 5) is 16.3. The average molecular weight is 349 g/mol. The summed E-state index contributed by atoms with van der Waals surface area (Å²) in [7, 11) is 0. The van der Waals surface area contributed by atoms with E-state index in [1.165, 1.54) is 0 Å². The van der Waals surface area contributed by atoms with Gasteiger partial charge in [0, 0.05) is 18.4 Å². The number of aromatic amines is 1. The lowest BCUT2D eigenvalue weighted by Crippen LogP contribution is -2.30. The quantitative estimate of drug-likeness (QED) is 0.637. The van der Waals surface area contributed by atoms with Crippen molar-refractivity contribution in [1.82, 2.24) is 20.5 Å². The maximum absolute atomic E-state index is 12.2. The molecule has 0 bridgehead atoms. The first-order chi connectivity index (χ1) is 12.5. The lowest BCUT2D eigenvalue weighted by Gasteiger charge is -2.15. The maximum Gasteiger partial charge on any atom is 0.238 e. The SMILES string of the molecule is Cc1n[nH]c(C)c1NC(=O)CN[C@H](C)c1ccc(-c2cccnc2)cc1. The van der Waals surface area contributed by atoms with Crippen molar-refractivity contribution >= 4 is 11.6 Å². The van der Waals surface area contributed by atoms with Gasteiger partial charge in [0.05, 0.1) is 23.6 Å². The van der Waals surface area contributed by atoms with Crippen LogP contribution in [-0.2, 0) is 4.79 Å². The summed E-state index contributed by atoms with van der Waals surface area (Å²) in [6.45, 7) is 6.02. The van der Waals surface area contributed by atoms with E-state index in [9.17, 15) is 4.79 Å². The minimum Gasteiger partial charge on any atom is -0.322 e. The molecule has 0 saturated heterocycles. The Balaban J connectivity index is 1.56. The van der Waals surface area contributed by atoms with E-state index in [0.717, 1.165) is 33.8 Å². The molecule has 1 aromatic carbocycles. The van der Waals surface area contributed by atoms with Gasteiger partial charge in [0.2, 0.25) is 5.91 Å². The highest BCUT2D eigenvalue weighted by Gasteiger charge is 2.12. The largest absolute Gasteiger partial charge is 0.322 e. The topological polar surface area (TPSA) is 82.7 Å². The van der Waals surface area contributed by atoms with Gasteiger partial charge in [-0.05, 0) is 43.5 Å².